The second kappa shape index (κ2) is 13.2. The number of carbonyl (C=O) groups excluding carboxylic acids is 1. The molecule has 1 saturated heterocycles. The van der Waals surface area contributed by atoms with E-state index in [1.165, 1.54) is 13.3 Å². The van der Waals surface area contributed by atoms with Crippen molar-refractivity contribution in [1.29, 1.82) is 5.41 Å². The summed E-state index contributed by atoms with van der Waals surface area (Å²) in [4.78, 5) is 32.6. The quantitative estimate of drug-likeness (QED) is 0.145. The van der Waals surface area contributed by atoms with Gasteiger partial charge in [-0.2, -0.15) is 4.98 Å². The Labute approximate surface area is 265 Å². The average Bonchev–Trinajstić information content (AvgIpc) is 3.42. The predicted molar refractivity (Wildman–Crippen MR) is 171 cm³/mol. The highest BCUT2D eigenvalue weighted by Gasteiger charge is 2.33. The van der Waals surface area contributed by atoms with Crippen molar-refractivity contribution in [2.45, 2.75) is 38.3 Å². The number of pyridine rings is 1. The number of hydrogen-bond acceptors (Lipinski definition) is 10. The number of anilines is 1. The Bertz CT molecular complexity index is 1720. The Morgan fingerprint density at radius 1 is 1.20 bits per heavy atom. The molecule has 4 heterocycles. The first-order valence-corrected chi connectivity index (χ1v) is 15.3. The molecule has 0 unspecified atom stereocenters. The first-order chi connectivity index (χ1) is 21.9. The van der Waals surface area contributed by atoms with E-state index in [0.717, 1.165) is 31.2 Å². The van der Waals surface area contributed by atoms with Crippen LogP contribution in [-0.2, 0) is 16.0 Å². The number of primary amides is 1. The summed E-state index contributed by atoms with van der Waals surface area (Å²) in [5.41, 5.74) is 8.16. The number of halogens is 1. The summed E-state index contributed by atoms with van der Waals surface area (Å²) in [5.74, 6) is 1.10. The van der Waals surface area contributed by atoms with E-state index in [1.54, 1.807) is 6.07 Å². The van der Waals surface area contributed by atoms with E-state index in [2.05, 4.69) is 44.2 Å². The third kappa shape index (κ3) is 6.34. The number of ether oxygens (including phenoxy) is 3. The van der Waals surface area contributed by atoms with Crippen LogP contribution in [0.1, 0.15) is 43.1 Å². The van der Waals surface area contributed by atoms with Gasteiger partial charge in [-0.1, -0.05) is 48.0 Å². The zero-order chi connectivity index (χ0) is 31.5. The molecule has 1 aromatic carbocycles. The van der Waals surface area contributed by atoms with Crippen LogP contribution in [0.15, 0.2) is 55.3 Å². The van der Waals surface area contributed by atoms with Gasteiger partial charge in [0.1, 0.15) is 11.2 Å². The van der Waals surface area contributed by atoms with Gasteiger partial charge in [0.05, 0.1) is 37.0 Å². The number of rotatable bonds is 8. The average molecular weight is 631 g/mol. The SMILES string of the molecule is C=C[C@H]1CC[C@H](Cn2c(N3CCOC[C@H]3c3ccccc3)nc3nc(C(=N)OC(N)=O)nc(-c4cc(Cl)cnc4OC)c32)CC1. The number of hydrogen-bond donors (Lipinski definition) is 2. The van der Waals surface area contributed by atoms with Gasteiger partial charge in [-0.3, -0.25) is 5.41 Å². The number of fused-ring (bicyclic) bond motifs is 1. The number of methoxy groups -OCH3 is 1. The van der Waals surface area contributed by atoms with Gasteiger partial charge in [0, 0.05) is 19.3 Å². The summed E-state index contributed by atoms with van der Waals surface area (Å²) in [6.45, 7) is 6.30. The number of nitrogens with zero attached hydrogens (tertiary/aromatic N) is 6. The van der Waals surface area contributed by atoms with Crippen LogP contribution in [0.2, 0.25) is 5.02 Å². The molecular formula is C32H35ClN8O4. The van der Waals surface area contributed by atoms with Gasteiger partial charge in [0.2, 0.25) is 17.7 Å². The first-order valence-electron chi connectivity index (χ1n) is 14.9. The molecular weight excluding hydrogens is 596 g/mol. The third-order valence-corrected chi connectivity index (χ3v) is 8.70. The summed E-state index contributed by atoms with van der Waals surface area (Å²) < 4.78 is 18.6. The molecule has 45 heavy (non-hydrogen) atoms. The van der Waals surface area contributed by atoms with E-state index < -0.39 is 12.0 Å². The molecule has 1 amide bonds. The minimum Gasteiger partial charge on any atom is -0.481 e. The van der Waals surface area contributed by atoms with Crippen LogP contribution in [0.25, 0.3) is 22.4 Å². The fraction of sp³-hybridized carbons (Fsp3) is 0.375. The number of nitrogens with two attached hydrogens (primary N) is 1. The topological polar surface area (TPSA) is 154 Å². The molecule has 0 radical (unpaired) electrons. The highest BCUT2D eigenvalue weighted by molar-refractivity contribution is 6.30. The Morgan fingerprint density at radius 2 is 1.98 bits per heavy atom. The molecule has 1 aliphatic carbocycles. The van der Waals surface area contributed by atoms with Gasteiger partial charge in [-0.25, -0.2) is 19.7 Å². The van der Waals surface area contributed by atoms with Gasteiger partial charge in [0.15, 0.2) is 5.65 Å². The van der Waals surface area contributed by atoms with Gasteiger partial charge < -0.3 is 29.4 Å². The van der Waals surface area contributed by atoms with E-state index in [1.807, 2.05) is 18.2 Å². The van der Waals surface area contributed by atoms with Crippen LogP contribution in [0, 0.1) is 17.2 Å². The van der Waals surface area contributed by atoms with Crippen LogP contribution < -0.4 is 15.4 Å². The van der Waals surface area contributed by atoms with Crippen molar-refractivity contribution in [3.05, 3.63) is 71.7 Å². The Kier molecular flexibility index (Phi) is 8.95. The zero-order valence-corrected chi connectivity index (χ0v) is 25.7. The second-order valence-corrected chi connectivity index (χ2v) is 11.7. The molecule has 3 aromatic heterocycles. The number of aromatic nitrogens is 5. The summed E-state index contributed by atoms with van der Waals surface area (Å²) >= 11 is 6.44. The minimum absolute atomic E-state index is 0.0956. The van der Waals surface area contributed by atoms with Crippen molar-refractivity contribution < 1.29 is 19.0 Å². The molecule has 2 aliphatic rings. The Hall–Kier alpha value is -4.55. The smallest absolute Gasteiger partial charge is 0.411 e. The Balaban J connectivity index is 1.59. The molecule has 2 fully saturated rings. The largest absolute Gasteiger partial charge is 0.481 e. The standard InChI is InChI=1S/C32H35ClN8O4/c1-3-19-9-11-20(12-10-19)17-41-26-25(23-15-22(33)16-36-30(23)43-2)37-29(27(34)45-31(35)42)38-28(26)39-32(41)40-13-14-44-18-24(40)21-7-5-4-6-8-21/h3-8,15-16,19-20,24,34H,1,9-14,17-18H2,2H3,(H2,35,42)/t19-,20-,24-/m0/s1. The molecule has 1 saturated carbocycles. The maximum absolute atomic E-state index is 11.6. The fourth-order valence-corrected chi connectivity index (χ4v) is 6.43. The van der Waals surface area contributed by atoms with Crippen molar-refractivity contribution in [2.75, 3.05) is 31.8 Å². The van der Waals surface area contributed by atoms with Crippen molar-refractivity contribution in [3.63, 3.8) is 0 Å². The molecule has 234 valence electrons. The van der Waals surface area contributed by atoms with E-state index >= 15 is 0 Å². The lowest BCUT2D eigenvalue weighted by Crippen LogP contribution is -2.41. The third-order valence-electron chi connectivity index (χ3n) is 8.49. The van der Waals surface area contributed by atoms with Crippen LogP contribution in [0.4, 0.5) is 10.7 Å². The summed E-state index contributed by atoms with van der Waals surface area (Å²) in [6.07, 6.45) is 6.61. The van der Waals surface area contributed by atoms with Crippen molar-refractivity contribution >= 4 is 40.7 Å². The zero-order valence-electron chi connectivity index (χ0n) is 25.0. The molecule has 12 nitrogen and oxygen atoms in total. The molecule has 4 aromatic rings. The first kappa shape index (κ1) is 30.5. The van der Waals surface area contributed by atoms with E-state index in [4.69, 9.17) is 46.9 Å². The lowest BCUT2D eigenvalue weighted by Gasteiger charge is -2.37. The van der Waals surface area contributed by atoms with Crippen molar-refractivity contribution in [2.24, 2.45) is 17.6 Å². The lowest BCUT2D eigenvalue weighted by atomic mass is 9.82. The number of benzene rings is 1. The molecule has 0 bridgehead atoms. The normalized spacial score (nSPS) is 20.1. The summed E-state index contributed by atoms with van der Waals surface area (Å²) in [5, 5.41) is 8.76. The van der Waals surface area contributed by atoms with Crippen LogP contribution in [0.5, 0.6) is 5.88 Å². The number of amides is 1. The van der Waals surface area contributed by atoms with Crippen LogP contribution in [-0.4, -0.2) is 63.4 Å². The highest BCUT2D eigenvalue weighted by Crippen LogP contribution is 2.40. The summed E-state index contributed by atoms with van der Waals surface area (Å²) in [6, 6.07) is 11.8. The maximum atomic E-state index is 11.6. The van der Waals surface area contributed by atoms with E-state index in [-0.39, 0.29) is 17.7 Å². The monoisotopic (exact) mass is 630 g/mol. The fourth-order valence-electron chi connectivity index (χ4n) is 6.27. The van der Waals surface area contributed by atoms with Gasteiger partial charge in [0.25, 0.3) is 5.90 Å². The highest BCUT2D eigenvalue weighted by atomic mass is 35.5. The number of carbonyl (C=O) groups is 1. The van der Waals surface area contributed by atoms with Crippen LogP contribution in [0.3, 0.4) is 0 Å². The molecule has 6 rings (SSSR count). The van der Waals surface area contributed by atoms with Crippen LogP contribution >= 0.6 is 11.6 Å². The van der Waals surface area contributed by atoms with E-state index in [9.17, 15) is 4.79 Å². The van der Waals surface area contributed by atoms with Gasteiger partial charge in [-0.05, 0) is 49.1 Å². The number of imidazole rings is 1. The molecule has 1 atom stereocenters. The van der Waals surface area contributed by atoms with E-state index in [0.29, 0.717) is 71.5 Å². The maximum Gasteiger partial charge on any atom is 0.411 e. The molecule has 0 spiro atoms. The van der Waals surface area contributed by atoms with Gasteiger partial charge >= 0.3 is 6.09 Å². The minimum atomic E-state index is -1.15. The number of allylic oxidation sites excluding steroid dienone is 1. The molecule has 13 heteroatoms. The second-order valence-electron chi connectivity index (χ2n) is 11.3. The Morgan fingerprint density at radius 3 is 2.69 bits per heavy atom. The predicted octanol–water partition coefficient (Wildman–Crippen LogP) is 5.54. The number of morpholine rings is 1. The van der Waals surface area contributed by atoms with Crippen molar-refractivity contribution in [1.82, 2.24) is 24.5 Å². The molecule has 3 N–H and O–H groups in total. The lowest BCUT2D eigenvalue weighted by molar-refractivity contribution is 0.0927. The summed E-state index contributed by atoms with van der Waals surface area (Å²) in [7, 11) is 1.51. The van der Waals surface area contributed by atoms with Crippen molar-refractivity contribution in [3.8, 4) is 17.1 Å². The molecule has 1 aliphatic heterocycles. The number of nitrogens with one attached hydrogen (secondary N) is 1. The van der Waals surface area contributed by atoms with Gasteiger partial charge in [-0.15, -0.1) is 6.58 Å².